The molecule has 1 aromatic carbocycles. The summed E-state index contributed by atoms with van der Waals surface area (Å²) in [7, 11) is 1.13. The van der Waals surface area contributed by atoms with E-state index in [1.54, 1.807) is 4.68 Å². The molecule has 1 aliphatic rings. The van der Waals surface area contributed by atoms with Gasteiger partial charge in [0.25, 0.3) is 5.91 Å². The van der Waals surface area contributed by atoms with E-state index in [9.17, 15) is 22.8 Å². The number of aryl methyl sites for hydroxylation is 1. The van der Waals surface area contributed by atoms with Gasteiger partial charge in [-0.3, -0.25) is 9.48 Å². The summed E-state index contributed by atoms with van der Waals surface area (Å²) in [5.41, 5.74) is 0.830. The van der Waals surface area contributed by atoms with Crippen molar-refractivity contribution in [2.75, 3.05) is 33.5 Å². The van der Waals surface area contributed by atoms with E-state index < -0.39 is 17.7 Å². The maximum Gasteiger partial charge on any atom is 0.419 e. The lowest BCUT2D eigenvalue weighted by Crippen LogP contribution is -2.27. The fourth-order valence-electron chi connectivity index (χ4n) is 4.08. The zero-order valence-electron chi connectivity index (χ0n) is 20.7. The maximum absolute atomic E-state index is 13.3. The molecular weight excluding hydrogens is 479 g/mol. The van der Waals surface area contributed by atoms with Crippen molar-refractivity contribution in [2.24, 2.45) is 5.92 Å². The molecule has 0 saturated heterocycles. The minimum atomic E-state index is -4.67. The number of carbonyl (C=O) groups is 2. The number of rotatable bonds is 7. The van der Waals surface area contributed by atoms with Gasteiger partial charge in [0, 0.05) is 32.2 Å². The highest BCUT2D eigenvalue weighted by Crippen LogP contribution is 2.36. The van der Waals surface area contributed by atoms with E-state index in [1.807, 2.05) is 13.8 Å². The molecule has 2 aromatic rings. The predicted molar refractivity (Wildman–Crippen MR) is 125 cm³/mol. The van der Waals surface area contributed by atoms with Crippen molar-refractivity contribution in [3.8, 4) is 5.75 Å². The standard InChI is InChI=1S/C25H32F3N3O5/c1-4-19-22-20(7-5-11-35-12-6-10-29-23(22)32)31(30-19)14-16(2)15-36-24(33)17-8-9-21(34-3)18(13-17)25(26,27)28/h8-9,13,16H,4-7,10-12,14-15H2,1-3H3,(H,29,32)/t16-/m1/s1. The van der Waals surface area contributed by atoms with Gasteiger partial charge in [0.05, 0.1) is 41.8 Å². The number of amides is 1. The molecule has 198 valence electrons. The van der Waals surface area contributed by atoms with Crippen LogP contribution in [0.1, 0.15) is 64.4 Å². The van der Waals surface area contributed by atoms with Gasteiger partial charge in [-0.1, -0.05) is 13.8 Å². The molecule has 0 saturated carbocycles. The summed E-state index contributed by atoms with van der Waals surface area (Å²) in [4.78, 5) is 25.3. The first-order chi connectivity index (χ1) is 17.2. The maximum atomic E-state index is 13.3. The average Bonchev–Trinajstić information content (AvgIpc) is 3.17. The van der Waals surface area contributed by atoms with Gasteiger partial charge in [0.1, 0.15) is 5.75 Å². The van der Waals surface area contributed by atoms with Crippen LogP contribution in [0.25, 0.3) is 0 Å². The molecule has 2 heterocycles. The van der Waals surface area contributed by atoms with E-state index in [1.165, 1.54) is 6.07 Å². The molecule has 0 radical (unpaired) electrons. The molecule has 36 heavy (non-hydrogen) atoms. The lowest BCUT2D eigenvalue weighted by Gasteiger charge is -2.16. The summed E-state index contributed by atoms with van der Waals surface area (Å²) in [6.07, 6.45) is -2.01. The van der Waals surface area contributed by atoms with Crippen LogP contribution in [0.15, 0.2) is 18.2 Å². The Kier molecular flexibility index (Phi) is 9.36. The monoisotopic (exact) mass is 511 g/mol. The Bertz CT molecular complexity index is 1070. The van der Waals surface area contributed by atoms with Crippen LogP contribution in [0.5, 0.6) is 5.75 Å². The van der Waals surface area contributed by atoms with E-state index in [0.29, 0.717) is 50.4 Å². The fraction of sp³-hybridized carbons (Fsp3) is 0.560. The Hall–Kier alpha value is -3.08. The number of hydrogen-bond donors (Lipinski definition) is 1. The highest BCUT2D eigenvalue weighted by Gasteiger charge is 2.35. The normalized spacial score (nSPS) is 15.9. The molecule has 0 spiro atoms. The van der Waals surface area contributed by atoms with Gasteiger partial charge in [-0.15, -0.1) is 0 Å². The number of aromatic nitrogens is 2. The number of hydrogen-bond acceptors (Lipinski definition) is 6. The van der Waals surface area contributed by atoms with Crippen LogP contribution in [-0.4, -0.2) is 55.1 Å². The van der Waals surface area contributed by atoms with Crippen molar-refractivity contribution in [1.82, 2.24) is 15.1 Å². The smallest absolute Gasteiger partial charge is 0.419 e. The van der Waals surface area contributed by atoms with Gasteiger partial charge in [0.2, 0.25) is 0 Å². The quantitative estimate of drug-likeness (QED) is 0.564. The SMILES string of the molecule is CCc1nn(C[C@@H](C)COC(=O)c2ccc(OC)c(C(F)(F)F)c2)c2c1C(=O)NCCCOCCC2. The van der Waals surface area contributed by atoms with Crippen molar-refractivity contribution < 1.29 is 37.0 Å². The number of fused-ring (bicyclic) bond motifs is 1. The van der Waals surface area contributed by atoms with E-state index in [4.69, 9.17) is 14.2 Å². The molecule has 3 rings (SSSR count). The number of methoxy groups -OCH3 is 1. The van der Waals surface area contributed by atoms with Crippen LogP contribution < -0.4 is 10.1 Å². The summed E-state index contributed by atoms with van der Waals surface area (Å²) in [6, 6.07) is 3.06. The Balaban J connectivity index is 1.72. The second-order valence-electron chi connectivity index (χ2n) is 8.75. The van der Waals surface area contributed by atoms with Gasteiger partial charge >= 0.3 is 12.1 Å². The number of nitrogens with one attached hydrogen (secondary N) is 1. The third-order valence-corrected chi connectivity index (χ3v) is 5.87. The van der Waals surface area contributed by atoms with Crippen LogP contribution in [0.4, 0.5) is 13.2 Å². The molecule has 0 bridgehead atoms. The first-order valence-electron chi connectivity index (χ1n) is 12.0. The summed E-state index contributed by atoms with van der Waals surface area (Å²) < 4.78 is 57.3. The molecule has 1 aliphatic heterocycles. The summed E-state index contributed by atoms with van der Waals surface area (Å²) in [6.45, 7) is 5.80. The largest absolute Gasteiger partial charge is 0.496 e. The zero-order valence-corrected chi connectivity index (χ0v) is 20.7. The van der Waals surface area contributed by atoms with Crippen LogP contribution in [0.2, 0.25) is 0 Å². The van der Waals surface area contributed by atoms with Crippen molar-refractivity contribution in [3.63, 3.8) is 0 Å². The fourth-order valence-corrected chi connectivity index (χ4v) is 4.08. The van der Waals surface area contributed by atoms with Gasteiger partial charge in [-0.25, -0.2) is 4.79 Å². The van der Waals surface area contributed by atoms with E-state index in [0.717, 1.165) is 37.8 Å². The molecule has 1 atom stereocenters. The van der Waals surface area contributed by atoms with Crippen LogP contribution in [-0.2, 0) is 35.0 Å². The molecule has 11 heteroatoms. The molecule has 0 aliphatic carbocycles. The lowest BCUT2D eigenvalue weighted by atomic mass is 10.1. The topological polar surface area (TPSA) is 91.7 Å². The first kappa shape index (κ1) is 27.5. The van der Waals surface area contributed by atoms with Crippen LogP contribution >= 0.6 is 0 Å². The number of ether oxygens (including phenoxy) is 3. The zero-order chi connectivity index (χ0) is 26.3. The van der Waals surface area contributed by atoms with Crippen molar-refractivity contribution in [3.05, 3.63) is 46.3 Å². The minimum absolute atomic E-state index is 0.0301. The van der Waals surface area contributed by atoms with E-state index >= 15 is 0 Å². The molecular formula is C25H32F3N3O5. The number of carbonyl (C=O) groups excluding carboxylic acids is 2. The Morgan fingerprint density at radius 2 is 2.03 bits per heavy atom. The Morgan fingerprint density at radius 3 is 2.72 bits per heavy atom. The number of alkyl halides is 3. The lowest BCUT2D eigenvalue weighted by molar-refractivity contribution is -0.138. The second kappa shape index (κ2) is 12.2. The second-order valence-corrected chi connectivity index (χ2v) is 8.75. The summed E-state index contributed by atoms with van der Waals surface area (Å²) >= 11 is 0. The van der Waals surface area contributed by atoms with Crippen molar-refractivity contribution in [2.45, 2.75) is 52.3 Å². The van der Waals surface area contributed by atoms with E-state index in [-0.39, 0.29) is 29.7 Å². The first-order valence-corrected chi connectivity index (χ1v) is 12.0. The third kappa shape index (κ3) is 6.77. The predicted octanol–water partition coefficient (Wildman–Crippen LogP) is 4.05. The minimum Gasteiger partial charge on any atom is -0.496 e. The Morgan fingerprint density at radius 1 is 1.28 bits per heavy atom. The highest BCUT2D eigenvalue weighted by atomic mass is 19.4. The van der Waals surface area contributed by atoms with Gasteiger partial charge < -0.3 is 19.5 Å². The van der Waals surface area contributed by atoms with Gasteiger partial charge in [-0.2, -0.15) is 18.3 Å². The van der Waals surface area contributed by atoms with Crippen molar-refractivity contribution >= 4 is 11.9 Å². The van der Waals surface area contributed by atoms with Crippen LogP contribution in [0.3, 0.4) is 0 Å². The number of esters is 1. The Labute approximate surface area is 208 Å². The number of nitrogens with zero attached hydrogens (tertiary/aromatic N) is 2. The number of halogens is 3. The molecule has 0 unspecified atom stereocenters. The third-order valence-electron chi connectivity index (χ3n) is 5.87. The average molecular weight is 512 g/mol. The van der Waals surface area contributed by atoms with Crippen LogP contribution in [0, 0.1) is 5.92 Å². The van der Waals surface area contributed by atoms with E-state index in [2.05, 4.69) is 10.4 Å². The van der Waals surface area contributed by atoms with Gasteiger partial charge in [-0.05, 0) is 43.9 Å². The summed E-state index contributed by atoms with van der Waals surface area (Å²) in [5.74, 6) is -1.60. The molecule has 1 N–H and O–H groups in total. The summed E-state index contributed by atoms with van der Waals surface area (Å²) in [5, 5.41) is 7.58. The molecule has 8 nitrogen and oxygen atoms in total. The molecule has 1 aromatic heterocycles. The number of benzene rings is 1. The van der Waals surface area contributed by atoms with Gasteiger partial charge in [0.15, 0.2) is 0 Å². The molecule has 1 amide bonds. The molecule has 0 fully saturated rings. The highest BCUT2D eigenvalue weighted by molar-refractivity contribution is 5.96. The van der Waals surface area contributed by atoms with Crippen molar-refractivity contribution in [1.29, 1.82) is 0 Å².